The molecule has 1 unspecified atom stereocenters. The summed E-state index contributed by atoms with van der Waals surface area (Å²) in [6.07, 6.45) is 4.18. The minimum absolute atomic E-state index is 0.0268. The van der Waals surface area contributed by atoms with Gasteiger partial charge in [-0.25, -0.2) is 0 Å². The fraction of sp³-hybridized carbons (Fsp3) is 0.375. The molecular weight excluding hydrogens is 322 g/mol. The first-order chi connectivity index (χ1) is 10.6. The van der Waals surface area contributed by atoms with Gasteiger partial charge in [0, 0.05) is 29.4 Å². The fourth-order valence-electron chi connectivity index (χ4n) is 2.19. The molecule has 0 bridgehead atoms. The van der Waals surface area contributed by atoms with Crippen LogP contribution in [-0.2, 0) is 14.3 Å². The number of carbonyl (C=O) groups excluding carboxylic acids is 2. The second-order valence-electron chi connectivity index (χ2n) is 4.94. The van der Waals surface area contributed by atoms with E-state index in [2.05, 4.69) is 4.74 Å². The summed E-state index contributed by atoms with van der Waals surface area (Å²) in [6.45, 7) is 1.37. The molecule has 2 rings (SSSR count). The molecule has 4 nitrogen and oxygen atoms in total. The van der Waals surface area contributed by atoms with Gasteiger partial charge in [0.25, 0.3) is 0 Å². The number of ether oxygens (including phenoxy) is 1. The van der Waals surface area contributed by atoms with Gasteiger partial charge in [0.05, 0.1) is 12.9 Å². The van der Waals surface area contributed by atoms with Crippen molar-refractivity contribution in [2.24, 2.45) is 0 Å². The van der Waals surface area contributed by atoms with Crippen molar-refractivity contribution < 1.29 is 14.3 Å². The van der Waals surface area contributed by atoms with E-state index in [1.807, 2.05) is 18.2 Å². The number of nitrogens with zero attached hydrogens (tertiary/aromatic N) is 1. The van der Waals surface area contributed by atoms with E-state index >= 15 is 0 Å². The minimum Gasteiger partial charge on any atom is -0.468 e. The van der Waals surface area contributed by atoms with Gasteiger partial charge in [-0.3, -0.25) is 9.59 Å². The summed E-state index contributed by atoms with van der Waals surface area (Å²) in [5.74, 6) is 0.0769. The van der Waals surface area contributed by atoms with Gasteiger partial charge < -0.3 is 9.64 Å². The first kappa shape index (κ1) is 16.9. The highest BCUT2D eigenvalue weighted by Gasteiger charge is 2.25. The number of halogens is 1. The van der Waals surface area contributed by atoms with E-state index in [0.29, 0.717) is 23.9 Å². The Kier molecular flexibility index (Phi) is 6.34. The molecule has 1 aromatic carbocycles. The van der Waals surface area contributed by atoms with Crippen molar-refractivity contribution in [2.75, 3.05) is 26.0 Å². The van der Waals surface area contributed by atoms with Crippen LogP contribution in [0.4, 0.5) is 0 Å². The van der Waals surface area contributed by atoms with Crippen LogP contribution in [0.3, 0.4) is 0 Å². The maximum absolute atomic E-state index is 12.2. The Morgan fingerprint density at radius 1 is 1.45 bits per heavy atom. The predicted molar refractivity (Wildman–Crippen MR) is 89.9 cm³/mol. The number of amides is 1. The van der Waals surface area contributed by atoms with Crippen molar-refractivity contribution >= 4 is 41.3 Å². The second kappa shape index (κ2) is 8.25. The molecule has 0 aliphatic carbocycles. The first-order valence-electron chi connectivity index (χ1n) is 7.00. The highest BCUT2D eigenvalue weighted by atomic mass is 35.5. The van der Waals surface area contributed by atoms with Crippen LogP contribution in [0.25, 0.3) is 6.08 Å². The number of hydrogen-bond acceptors (Lipinski definition) is 4. The third-order valence-corrected chi connectivity index (χ3v) is 5.03. The van der Waals surface area contributed by atoms with E-state index in [4.69, 9.17) is 11.6 Å². The van der Waals surface area contributed by atoms with Gasteiger partial charge in [-0.2, -0.15) is 0 Å². The van der Waals surface area contributed by atoms with Gasteiger partial charge in [0.2, 0.25) is 5.91 Å². The number of methoxy groups -OCH3 is 1. The van der Waals surface area contributed by atoms with Crippen LogP contribution in [0, 0.1) is 0 Å². The van der Waals surface area contributed by atoms with Gasteiger partial charge >= 0.3 is 5.97 Å². The number of hydrogen-bond donors (Lipinski definition) is 0. The molecule has 1 heterocycles. The van der Waals surface area contributed by atoms with Crippen molar-refractivity contribution in [1.29, 1.82) is 0 Å². The maximum Gasteiger partial charge on any atom is 0.315 e. The SMILES string of the molecule is COC(=O)CSC1CCN(C(=O)/C=C/c2ccccc2Cl)C1. The van der Waals surface area contributed by atoms with Crippen LogP contribution < -0.4 is 0 Å². The molecule has 1 aromatic rings. The van der Waals surface area contributed by atoms with E-state index in [9.17, 15) is 9.59 Å². The summed E-state index contributed by atoms with van der Waals surface area (Å²) in [5, 5.41) is 0.913. The summed E-state index contributed by atoms with van der Waals surface area (Å²) in [7, 11) is 1.38. The summed E-state index contributed by atoms with van der Waals surface area (Å²) >= 11 is 7.59. The van der Waals surface area contributed by atoms with Crippen molar-refractivity contribution in [3.8, 4) is 0 Å². The second-order valence-corrected chi connectivity index (χ2v) is 6.63. The summed E-state index contributed by atoms with van der Waals surface area (Å²) < 4.78 is 4.62. The van der Waals surface area contributed by atoms with Crippen LogP contribution in [0.15, 0.2) is 30.3 Å². The Labute approximate surface area is 139 Å². The van der Waals surface area contributed by atoms with Gasteiger partial charge in [-0.05, 0) is 24.1 Å². The van der Waals surface area contributed by atoms with Crippen molar-refractivity contribution in [3.05, 3.63) is 40.9 Å². The van der Waals surface area contributed by atoms with Gasteiger partial charge in [0.1, 0.15) is 0 Å². The van der Waals surface area contributed by atoms with Crippen LogP contribution in [0.2, 0.25) is 5.02 Å². The molecular formula is C16H18ClNO3S. The maximum atomic E-state index is 12.2. The largest absolute Gasteiger partial charge is 0.468 e. The van der Waals surface area contributed by atoms with Gasteiger partial charge in [-0.15, -0.1) is 11.8 Å². The minimum atomic E-state index is -0.228. The lowest BCUT2D eigenvalue weighted by atomic mass is 10.2. The van der Waals surface area contributed by atoms with Crippen LogP contribution in [0.5, 0.6) is 0 Å². The molecule has 1 aliphatic heterocycles. The van der Waals surface area contributed by atoms with Crippen LogP contribution in [0.1, 0.15) is 12.0 Å². The third kappa shape index (κ3) is 4.78. The summed E-state index contributed by atoms with van der Waals surface area (Å²) in [5.41, 5.74) is 0.827. The quantitative estimate of drug-likeness (QED) is 0.611. The van der Waals surface area contributed by atoms with Crippen molar-refractivity contribution in [2.45, 2.75) is 11.7 Å². The summed E-state index contributed by atoms with van der Waals surface area (Å²) in [6, 6.07) is 7.39. The fourth-order valence-corrected chi connectivity index (χ4v) is 3.43. The number of thioether (sulfide) groups is 1. The molecule has 1 saturated heterocycles. The predicted octanol–water partition coefficient (Wildman–Crippen LogP) is 2.86. The number of rotatable bonds is 5. The Hall–Kier alpha value is -1.46. The zero-order chi connectivity index (χ0) is 15.9. The van der Waals surface area contributed by atoms with E-state index in [-0.39, 0.29) is 17.1 Å². The first-order valence-corrected chi connectivity index (χ1v) is 8.42. The Bertz CT molecular complexity index is 576. The van der Waals surface area contributed by atoms with Crippen molar-refractivity contribution in [1.82, 2.24) is 4.90 Å². The van der Waals surface area contributed by atoms with E-state index in [1.165, 1.54) is 7.11 Å². The molecule has 6 heteroatoms. The average molecular weight is 340 g/mol. The molecule has 0 N–H and O–H groups in total. The topological polar surface area (TPSA) is 46.6 Å². The van der Waals surface area contributed by atoms with E-state index in [1.54, 1.807) is 34.9 Å². The molecule has 118 valence electrons. The highest BCUT2D eigenvalue weighted by Crippen LogP contribution is 2.23. The third-order valence-electron chi connectivity index (χ3n) is 3.43. The average Bonchev–Trinajstić information content (AvgIpc) is 3.00. The molecule has 0 saturated carbocycles. The number of esters is 1. The molecule has 0 spiro atoms. The molecule has 0 aromatic heterocycles. The standard InChI is InChI=1S/C16H18ClNO3S/c1-21-16(20)11-22-13-8-9-18(10-13)15(19)7-6-12-4-2-3-5-14(12)17/h2-7,13H,8-11H2,1H3/b7-6+. The Balaban J connectivity index is 1.84. The normalized spacial score (nSPS) is 17.9. The lowest BCUT2D eigenvalue weighted by Crippen LogP contribution is -2.27. The van der Waals surface area contributed by atoms with Crippen LogP contribution in [-0.4, -0.2) is 48.0 Å². The summed E-state index contributed by atoms with van der Waals surface area (Å²) in [4.78, 5) is 25.1. The van der Waals surface area contributed by atoms with Gasteiger partial charge in [-0.1, -0.05) is 29.8 Å². The molecule has 22 heavy (non-hydrogen) atoms. The molecule has 1 atom stereocenters. The number of likely N-dealkylation sites (tertiary alicyclic amines) is 1. The zero-order valence-corrected chi connectivity index (χ0v) is 13.9. The molecule has 0 radical (unpaired) electrons. The lowest BCUT2D eigenvalue weighted by Gasteiger charge is -2.14. The molecule has 1 amide bonds. The number of carbonyl (C=O) groups is 2. The van der Waals surface area contributed by atoms with Crippen molar-refractivity contribution in [3.63, 3.8) is 0 Å². The highest BCUT2D eigenvalue weighted by molar-refractivity contribution is 8.00. The zero-order valence-electron chi connectivity index (χ0n) is 12.3. The molecule has 1 fully saturated rings. The van der Waals surface area contributed by atoms with E-state index < -0.39 is 0 Å². The Morgan fingerprint density at radius 2 is 2.23 bits per heavy atom. The monoisotopic (exact) mass is 339 g/mol. The van der Waals surface area contributed by atoms with Crippen LogP contribution >= 0.6 is 23.4 Å². The Morgan fingerprint density at radius 3 is 2.95 bits per heavy atom. The smallest absolute Gasteiger partial charge is 0.315 e. The lowest BCUT2D eigenvalue weighted by molar-refractivity contribution is -0.137. The number of benzene rings is 1. The molecule has 1 aliphatic rings. The van der Waals surface area contributed by atoms with E-state index in [0.717, 1.165) is 12.0 Å². The van der Waals surface area contributed by atoms with Gasteiger partial charge in [0.15, 0.2) is 0 Å².